The molecule has 5 N–H and O–H groups in total. The summed E-state index contributed by atoms with van der Waals surface area (Å²) in [5.41, 5.74) is 9.42. The second-order valence-electron chi connectivity index (χ2n) is 2.35. The summed E-state index contributed by atoms with van der Waals surface area (Å²) in [6.07, 6.45) is 3.78. The number of nitrogens with two attached hydrogens (primary N) is 2. The highest BCUT2D eigenvalue weighted by Crippen LogP contribution is 1.97. The molecule has 0 rings (SSSR count). The first kappa shape index (κ1) is 19.5. The Hall–Kier alpha value is -1.10. The second kappa shape index (κ2) is 23.1. The van der Waals surface area contributed by atoms with Crippen LogP contribution in [0.3, 0.4) is 0 Å². The molecule has 2 amide bonds. The van der Waals surface area contributed by atoms with Crippen molar-refractivity contribution in [3.63, 3.8) is 0 Å². The minimum absolute atomic E-state index is 0.256. The van der Waals surface area contributed by atoms with Gasteiger partial charge >= 0.3 is 0 Å². The van der Waals surface area contributed by atoms with Crippen LogP contribution in [0.25, 0.3) is 0 Å². The fourth-order valence-corrected chi connectivity index (χ4v) is 0.762. The van der Waals surface area contributed by atoms with E-state index in [1.807, 2.05) is 13.8 Å². The number of hydrogen-bond acceptors (Lipinski definition) is 3. The van der Waals surface area contributed by atoms with Gasteiger partial charge in [0.2, 0.25) is 12.3 Å². The van der Waals surface area contributed by atoms with Crippen LogP contribution in [-0.2, 0) is 9.59 Å². The maximum atomic E-state index is 10.2. The highest BCUT2D eigenvalue weighted by Gasteiger charge is 1.93. The number of primary amides is 1. The Kier molecular flexibility index (Phi) is 29.9. The van der Waals surface area contributed by atoms with Crippen LogP contribution in [0.1, 0.15) is 39.5 Å². The van der Waals surface area contributed by atoms with E-state index in [1.54, 1.807) is 0 Å². The molecule has 5 heteroatoms. The molecule has 0 fully saturated rings. The molecule has 0 aliphatic heterocycles. The van der Waals surface area contributed by atoms with E-state index < -0.39 is 0 Å². The van der Waals surface area contributed by atoms with Crippen LogP contribution in [0.15, 0.2) is 0 Å². The third-order valence-corrected chi connectivity index (χ3v) is 1.33. The average Bonchev–Trinajstić information content (AvgIpc) is 2.28. The summed E-state index contributed by atoms with van der Waals surface area (Å²) in [7, 11) is 1.50. The van der Waals surface area contributed by atoms with Crippen molar-refractivity contribution >= 4 is 12.3 Å². The maximum Gasteiger partial charge on any atom is 0.217 e. The van der Waals surface area contributed by atoms with Gasteiger partial charge in [-0.25, -0.2) is 0 Å². The Morgan fingerprint density at radius 1 is 1.20 bits per heavy atom. The fraction of sp³-hybridized carbons (Fsp3) is 0.800. The van der Waals surface area contributed by atoms with E-state index in [-0.39, 0.29) is 5.91 Å². The lowest BCUT2D eigenvalue weighted by atomic mass is 10.2. The van der Waals surface area contributed by atoms with Crippen molar-refractivity contribution in [2.75, 3.05) is 13.6 Å². The van der Waals surface area contributed by atoms with Gasteiger partial charge in [0.1, 0.15) is 0 Å². The molecular weight excluding hydrogens is 194 g/mol. The highest BCUT2D eigenvalue weighted by molar-refractivity contribution is 5.73. The predicted octanol–water partition coefficient (Wildman–Crippen LogP) is 0.379. The molecule has 0 aromatic heterocycles. The summed E-state index contributed by atoms with van der Waals surface area (Å²) in [4.78, 5) is 20.0. The number of rotatable bonds is 7. The molecule has 0 spiro atoms. The van der Waals surface area contributed by atoms with E-state index in [0.29, 0.717) is 19.4 Å². The van der Waals surface area contributed by atoms with Crippen molar-refractivity contribution in [3.05, 3.63) is 0 Å². The molecule has 0 aromatic carbocycles. The first-order valence-corrected chi connectivity index (χ1v) is 5.30. The number of nitrogens with one attached hydrogen (secondary N) is 1. The lowest BCUT2D eigenvalue weighted by Crippen LogP contribution is -2.13. The minimum Gasteiger partial charge on any atom is -0.370 e. The molecule has 5 nitrogen and oxygen atoms in total. The fourth-order valence-electron chi connectivity index (χ4n) is 0.762. The molecule has 0 aromatic rings. The van der Waals surface area contributed by atoms with Crippen LogP contribution in [0.4, 0.5) is 0 Å². The van der Waals surface area contributed by atoms with Crippen molar-refractivity contribution in [3.8, 4) is 0 Å². The Labute approximate surface area is 92.6 Å². The summed E-state index contributed by atoms with van der Waals surface area (Å²) in [5.74, 6) is -0.256. The van der Waals surface area contributed by atoms with Gasteiger partial charge in [-0.3, -0.25) is 9.59 Å². The van der Waals surface area contributed by atoms with Crippen LogP contribution in [0, 0.1) is 0 Å². The second-order valence-corrected chi connectivity index (χ2v) is 2.35. The van der Waals surface area contributed by atoms with Gasteiger partial charge in [0, 0.05) is 13.0 Å². The first-order valence-electron chi connectivity index (χ1n) is 5.30. The number of unbranched alkanes of at least 4 members (excludes halogenated alkanes) is 2. The van der Waals surface area contributed by atoms with E-state index in [1.165, 1.54) is 7.05 Å². The van der Waals surface area contributed by atoms with E-state index in [2.05, 4.69) is 11.1 Å². The number of amides is 2. The predicted molar refractivity (Wildman–Crippen MR) is 63.2 cm³/mol. The zero-order valence-electron chi connectivity index (χ0n) is 10.1. The van der Waals surface area contributed by atoms with Crippen molar-refractivity contribution in [1.29, 1.82) is 0 Å². The van der Waals surface area contributed by atoms with Gasteiger partial charge in [-0.15, -0.1) is 0 Å². The van der Waals surface area contributed by atoms with Gasteiger partial charge in [-0.2, -0.15) is 0 Å². The van der Waals surface area contributed by atoms with Crippen LogP contribution in [0.2, 0.25) is 0 Å². The van der Waals surface area contributed by atoms with E-state index >= 15 is 0 Å². The molecule has 0 aliphatic carbocycles. The zero-order chi connectivity index (χ0) is 12.5. The van der Waals surface area contributed by atoms with Crippen molar-refractivity contribution < 1.29 is 9.59 Å². The van der Waals surface area contributed by atoms with Gasteiger partial charge in [-0.1, -0.05) is 20.3 Å². The van der Waals surface area contributed by atoms with Crippen molar-refractivity contribution in [1.82, 2.24) is 5.32 Å². The molecule has 0 saturated heterocycles. The van der Waals surface area contributed by atoms with Crippen LogP contribution >= 0.6 is 0 Å². The lowest BCUT2D eigenvalue weighted by molar-refractivity contribution is -0.118. The summed E-state index contributed by atoms with van der Waals surface area (Å²) in [5, 5.41) is 2.54. The van der Waals surface area contributed by atoms with Gasteiger partial charge in [0.05, 0.1) is 0 Å². The molecule has 0 heterocycles. The Morgan fingerprint density at radius 2 is 1.73 bits per heavy atom. The summed E-state index contributed by atoms with van der Waals surface area (Å²) in [6, 6.07) is 0. The smallest absolute Gasteiger partial charge is 0.217 e. The molecule has 0 unspecified atom stereocenters. The minimum atomic E-state index is -0.256. The van der Waals surface area contributed by atoms with Gasteiger partial charge in [0.25, 0.3) is 0 Å². The SMILES string of the molecule is CC.CN.NC(=O)CCCCCNC=O. The lowest BCUT2D eigenvalue weighted by Gasteiger charge is -1.97. The molecule has 0 radical (unpaired) electrons. The van der Waals surface area contributed by atoms with E-state index in [0.717, 1.165) is 19.3 Å². The molecule has 0 aliphatic rings. The van der Waals surface area contributed by atoms with E-state index in [4.69, 9.17) is 5.73 Å². The number of carbonyl (C=O) groups is 2. The average molecular weight is 219 g/mol. The van der Waals surface area contributed by atoms with Crippen LogP contribution < -0.4 is 16.8 Å². The quantitative estimate of drug-likeness (QED) is 0.426. The highest BCUT2D eigenvalue weighted by atomic mass is 16.1. The molecule has 0 atom stereocenters. The molecule has 15 heavy (non-hydrogen) atoms. The standard InChI is InChI=1S/C7H14N2O2.C2H6.CH5N/c8-7(11)4-2-1-3-5-9-6-10;2*1-2/h6H,1-5H2,(H2,8,11)(H,9,10);1-2H3;2H2,1H3. The number of carbonyl (C=O) groups excluding carboxylic acids is 2. The Bertz CT molecular complexity index is 130. The van der Waals surface area contributed by atoms with E-state index in [9.17, 15) is 9.59 Å². The molecule has 0 saturated carbocycles. The van der Waals surface area contributed by atoms with Crippen molar-refractivity contribution in [2.45, 2.75) is 39.5 Å². The van der Waals surface area contributed by atoms with Crippen molar-refractivity contribution in [2.24, 2.45) is 11.5 Å². The summed E-state index contributed by atoms with van der Waals surface area (Å²) >= 11 is 0. The third kappa shape index (κ3) is 32.2. The topological polar surface area (TPSA) is 98.2 Å². The van der Waals surface area contributed by atoms with Crippen LogP contribution in [-0.4, -0.2) is 25.9 Å². The molecular formula is C10H25N3O2. The van der Waals surface area contributed by atoms with Gasteiger partial charge < -0.3 is 16.8 Å². The Balaban J connectivity index is -0.000000318. The molecule has 92 valence electrons. The summed E-state index contributed by atoms with van der Waals surface area (Å²) < 4.78 is 0. The normalized spacial score (nSPS) is 7.47. The van der Waals surface area contributed by atoms with Gasteiger partial charge in [0.15, 0.2) is 0 Å². The number of hydrogen-bond donors (Lipinski definition) is 3. The molecule has 0 bridgehead atoms. The largest absolute Gasteiger partial charge is 0.370 e. The van der Waals surface area contributed by atoms with Crippen LogP contribution in [0.5, 0.6) is 0 Å². The zero-order valence-corrected chi connectivity index (χ0v) is 10.1. The third-order valence-electron chi connectivity index (χ3n) is 1.33. The van der Waals surface area contributed by atoms with Gasteiger partial charge in [-0.05, 0) is 19.9 Å². The monoisotopic (exact) mass is 219 g/mol. The Morgan fingerprint density at radius 3 is 2.13 bits per heavy atom. The summed E-state index contributed by atoms with van der Waals surface area (Å²) in [6.45, 7) is 4.68. The maximum absolute atomic E-state index is 10.2. The first-order chi connectivity index (χ1) is 7.27.